The van der Waals surface area contributed by atoms with Crippen LogP contribution < -0.4 is 0 Å². The molecular weight excluding hydrogens is 252 g/mol. The van der Waals surface area contributed by atoms with Crippen LogP contribution in [0.2, 0.25) is 0 Å². The zero-order valence-corrected chi connectivity index (χ0v) is 11.6. The van der Waals surface area contributed by atoms with E-state index in [9.17, 15) is 4.79 Å². The molecule has 1 aliphatic rings. The molecule has 2 aromatic rings. The molecule has 1 saturated heterocycles. The largest absolute Gasteiger partial charge is 0.360 e. The van der Waals surface area contributed by atoms with Crippen molar-refractivity contribution in [1.82, 2.24) is 10.1 Å². The fraction of sp³-hybridized carbons (Fsp3) is 0.375. The Hall–Kier alpha value is -2.10. The van der Waals surface area contributed by atoms with E-state index in [2.05, 4.69) is 5.16 Å². The minimum atomic E-state index is 0.0550. The van der Waals surface area contributed by atoms with Crippen molar-refractivity contribution in [1.29, 1.82) is 0 Å². The lowest BCUT2D eigenvalue weighted by molar-refractivity contribution is 0.0791. The second-order valence-corrected chi connectivity index (χ2v) is 5.05. The van der Waals surface area contributed by atoms with E-state index >= 15 is 0 Å². The van der Waals surface area contributed by atoms with Crippen LogP contribution in [0.1, 0.15) is 35.9 Å². The third-order valence-electron chi connectivity index (χ3n) is 3.74. The zero-order valence-electron chi connectivity index (χ0n) is 11.6. The molecule has 0 unspecified atom stereocenters. The molecule has 0 spiro atoms. The molecule has 0 saturated carbocycles. The number of hydrogen-bond acceptors (Lipinski definition) is 3. The monoisotopic (exact) mass is 270 g/mol. The lowest BCUT2D eigenvalue weighted by Crippen LogP contribution is -2.28. The molecule has 1 fully saturated rings. The maximum absolute atomic E-state index is 12.7. The summed E-state index contributed by atoms with van der Waals surface area (Å²) in [5.74, 6) is 0.736. The molecule has 1 aromatic carbocycles. The Balaban J connectivity index is 2.04. The van der Waals surface area contributed by atoms with Gasteiger partial charge >= 0.3 is 0 Å². The number of aryl methyl sites for hydroxylation is 1. The molecule has 4 heteroatoms. The van der Waals surface area contributed by atoms with Crippen LogP contribution in [-0.4, -0.2) is 29.1 Å². The van der Waals surface area contributed by atoms with Crippen molar-refractivity contribution < 1.29 is 9.32 Å². The molecule has 4 nitrogen and oxygen atoms in total. The van der Waals surface area contributed by atoms with Gasteiger partial charge in [-0.25, -0.2) is 0 Å². The molecule has 0 atom stereocenters. The van der Waals surface area contributed by atoms with Gasteiger partial charge in [0.15, 0.2) is 0 Å². The molecular formula is C16H18N2O2. The van der Waals surface area contributed by atoms with E-state index < -0.39 is 0 Å². The number of amides is 1. The second-order valence-electron chi connectivity index (χ2n) is 5.05. The third kappa shape index (κ3) is 2.22. The van der Waals surface area contributed by atoms with Gasteiger partial charge in [0.2, 0.25) is 0 Å². The van der Waals surface area contributed by atoms with Gasteiger partial charge in [-0.1, -0.05) is 42.4 Å². The van der Waals surface area contributed by atoms with Crippen molar-refractivity contribution in [2.24, 2.45) is 0 Å². The topological polar surface area (TPSA) is 46.3 Å². The van der Waals surface area contributed by atoms with Crippen molar-refractivity contribution in [3.8, 4) is 11.3 Å². The Morgan fingerprint density at radius 3 is 2.60 bits per heavy atom. The molecule has 0 bridgehead atoms. The molecule has 0 radical (unpaired) electrons. The van der Waals surface area contributed by atoms with E-state index in [-0.39, 0.29) is 5.91 Å². The highest BCUT2D eigenvalue weighted by Gasteiger charge is 2.28. The zero-order chi connectivity index (χ0) is 13.9. The first-order valence-corrected chi connectivity index (χ1v) is 7.14. The lowest BCUT2D eigenvalue weighted by Gasteiger charge is -2.15. The number of likely N-dealkylation sites (tertiary alicyclic amines) is 1. The van der Waals surface area contributed by atoms with Crippen LogP contribution in [0.25, 0.3) is 11.3 Å². The van der Waals surface area contributed by atoms with Gasteiger partial charge in [0.05, 0.1) is 0 Å². The Morgan fingerprint density at radius 1 is 1.25 bits per heavy atom. The summed E-state index contributed by atoms with van der Waals surface area (Å²) in [6.07, 6.45) is 2.84. The van der Waals surface area contributed by atoms with Crippen LogP contribution >= 0.6 is 0 Å². The molecule has 2 heterocycles. The second kappa shape index (κ2) is 5.49. The number of benzene rings is 1. The lowest BCUT2D eigenvalue weighted by atomic mass is 10.0. The highest BCUT2D eigenvalue weighted by atomic mass is 16.5. The van der Waals surface area contributed by atoms with E-state index in [0.29, 0.717) is 23.4 Å². The maximum Gasteiger partial charge on any atom is 0.259 e. The predicted molar refractivity (Wildman–Crippen MR) is 76.5 cm³/mol. The Bertz CT molecular complexity index is 598. The summed E-state index contributed by atoms with van der Waals surface area (Å²) in [7, 11) is 0. The van der Waals surface area contributed by atoms with Crippen molar-refractivity contribution in [2.75, 3.05) is 13.1 Å². The van der Waals surface area contributed by atoms with Crippen LogP contribution in [0.4, 0.5) is 0 Å². The molecule has 3 rings (SSSR count). The van der Waals surface area contributed by atoms with Crippen LogP contribution in [0.3, 0.4) is 0 Å². The molecule has 1 aliphatic heterocycles. The van der Waals surface area contributed by atoms with Gasteiger partial charge in [0, 0.05) is 25.1 Å². The van der Waals surface area contributed by atoms with E-state index in [0.717, 1.165) is 31.5 Å². The summed E-state index contributed by atoms with van der Waals surface area (Å²) in [6, 6.07) is 9.75. The summed E-state index contributed by atoms with van der Waals surface area (Å²) in [5, 5.41) is 4.13. The van der Waals surface area contributed by atoms with Crippen molar-refractivity contribution in [3.63, 3.8) is 0 Å². The molecule has 0 N–H and O–H groups in total. The highest BCUT2D eigenvalue weighted by Crippen LogP contribution is 2.28. The van der Waals surface area contributed by atoms with E-state index in [1.165, 1.54) is 0 Å². The fourth-order valence-electron chi connectivity index (χ4n) is 2.66. The van der Waals surface area contributed by atoms with Gasteiger partial charge in [-0.2, -0.15) is 0 Å². The first kappa shape index (κ1) is 12.9. The van der Waals surface area contributed by atoms with Gasteiger partial charge in [-0.15, -0.1) is 0 Å². The van der Waals surface area contributed by atoms with E-state index in [4.69, 9.17) is 4.52 Å². The van der Waals surface area contributed by atoms with Gasteiger partial charge in [-0.3, -0.25) is 4.79 Å². The van der Waals surface area contributed by atoms with Gasteiger partial charge in [0.1, 0.15) is 17.0 Å². The normalized spacial score (nSPS) is 14.8. The van der Waals surface area contributed by atoms with Gasteiger partial charge < -0.3 is 9.42 Å². The predicted octanol–water partition coefficient (Wildman–Crippen LogP) is 3.14. The first-order valence-electron chi connectivity index (χ1n) is 7.14. The molecule has 0 aliphatic carbocycles. The minimum Gasteiger partial charge on any atom is -0.360 e. The van der Waals surface area contributed by atoms with E-state index in [1.807, 2.05) is 42.2 Å². The fourth-order valence-corrected chi connectivity index (χ4v) is 2.66. The van der Waals surface area contributed by atoms with E-state index in [1.54, 1.807) is 0 Å². The summed E-state index contributed by atoms with van der Waals surface area (Å²) >= 11 is 0. The van der Waals surface area contributed by atoms with Crippen LogP contribution in [0.15, 0.2) is 34.9 Å². The Kier molecular flexibility index (Phi) is 3.54. The minimum absolute atomic E-state index is 0.0550. The number of nitrogens with zero attached hydrogens (tertiary/aromatic N) is 2. The third-order valence-corrected chi connectivity index (χ3v) is 3.74. The smallest absolute Gasteiger partial charge is 0.259 e. The van der Waals surface area contributed by atoms with Crippen molar-refractivity contribution in [2.45, 2.75) is 26.2 Å². The number of aromatic nitrogens is 1. The van der Waals surface area contributed by atoms with Gasteiger partial charge in [0.25, 0.3) is 5.91 Å². The summed E-state index contributed by atoms with van der Waals surface area (Å²) in [5.41, 5.74) is 2.23. The number of carbonyl (C=O) groups excluding carboxylic acids is 1. The number of carbonyl (C=O) groups is 1. The average molecular weight is 270 g/mol. The average Bonchev–Trinajstić information content (AvgIpc) is 3.16. The summed E-state index contributed by atoms with van der Waals surface area (Å²) in [4.78, 5) is 14.6. The summed E-state index contributed by atoms with van der Waals surface area (Å²) in [6.45, 7) is 3.65. The van der Waals surface area contributed by atoms with Crippen LogP contribution in [0.5, 0.6) is 0 Å². The number of rotatable bonds is 3. The Labute approximate surface area is 118 Å². The SMILES string of the molecule is CCc1onc(-c2ccccc2)c1C(=O)N1CCCC1. The molecule has 1 aromatic heterocycles. The standard InChI is InChI=1S/C16H18N2O2/c1-2-13-14(16(19)18-10-6-7-11-18)15(17-20-13)12-8-4-3-5-9-12/h3-5,8-9H,2,6-7,10-11H2,1H3. The molecule has 104 valence electrons. The van der Waals surface area contributed by atoms with Crippen LogP contribution in [-0.2, 0) is 6.42 Å². The first-order chi connectivity index (χ1) is 9.81. The molecule has 20 heavy (non-hydrogen) atoms. The number of hydrogen-bond donors (Lipinski definition) is 0. The maximum atomic E-state index is 12.7. The van der Waals surface area contributed by atoms with Crippen molar-refractivity contribution in [3.05, 3.63) is 41.7 Å². The van der Waals surface area contributed by atoms with Gasteiger partial charge in [-0.05, 0) is 12.8 Å². The Morgan fingerprint density at radius 2 is 1.95 bits per heavy atom. The summed E-state index contributed by atoms with van der Waals surface area (Å²) < 4.78 is 5.38. The van der Waals surface area contributed by atoms with Crippen molar-refractivity contribution >= 4 is 5.91 Å². The quantitative estimate of drug-likeness (QED) is 0.860. The highest BCUT2D eigenvalue weighted by molar-refractivity contribution is 6.01. The molecule has 1 amide bonds. The van der Waals surface area contributed by atoms with Crippen LogP contribution in [0, 0.1) is 0 Å².